The Hall–Kier alpha value is -4.05. The van der Waals surface area contributed by atoms with Crippen molar-refractivity contribution in [2.45, 2.75) is 13.5 Å². The zero-order valence-corrected chi connectivity index (χ0v) is 16.1. The molecule has 29 heavy (non-hydrogen) atoms. The number of anilines is 1. The zero-order chi connectivity index (χ0) is 20.4. The first-order valence-corrected chi connectivity index (χ1v) is 9.17. The molecule has 7 nitrogen and oxygen atoms in total. The van der Waals surface area contributed by atoms with Crippen molar-refractivity contribution in [1.29, 1.82) is 5.26 Å². The molecule has 0 saturated heterocycles. The molecule has 7 heteroatoms. The Kier molecular flexibility index (Phi) is 4.75. The van der Waals surface area contributed by atoms with Crippen molar-refractivity contribution in [2.75, 3.05) is 12.4 Å². The Labute approximate surface area is 167 Å². The predicted molar refractivity (Wildman–Crippen MR) is 111 cm³/mol. The molecule has 0 radical (unpaired) electrons. The van der Waals surface area contributed by atoms with Crippen LogP contribution in [0.15, 0.2) is 54.6 Å². The van der Waals surface area contributed by atoms with Crippen LogP contribution < -0.4 is 10.1 Å². The molecule has 2 heterocycles. The Balaban J connectivity index is 1.63. The lowest BCUT2D eigenvalue weighted by atomic mass is 10.1. The zero-order valence-electron chi connectivity index (χ0n) is 16.1. The number of aromatic amines is 1. The van der Waals surface area contributed by atoms with Crippen molar-refractivity contribution in [3.8, 4) is 23.2 Å². The quantitative estimate of drug-likeness (QED) is 0.539. The minimum atomic E-state index is -0.319. The number of aromatic nitrogens is 3. The third-order valence-electron chi connectivity index (χ3n) is 4.77. The number of nitriles is 1. The summed E-state index contributed by atoms with van der Waals surface area (Å²) in [6, 6.07) is 18.4. The second kappa shape index (κ2) is 7.52. The van der Waals surface area contributed by atoms with Gasteiger partial charge < -0.3 is 14.6 Å². The monoisotopic (exact) mass is 385 g/mol. The van der Waals surface area contributed by atoms with E-state index in [0.29, 0.717) is 16.9 Å². The van der Waals surface area contributed by atoms with Gasteiger partial charge >= 0.3 is 0 Å². The fourth-order valence-corrected chi connectivity index (χ4v) is 3.38. The molecule has 0 atom stereocenters. The van der Waals surface area contributed by atoms with Crippen LogP contribution in [0.4, 0.5) is 5.82 Å². The summed E-state index contributed by atoms with van der Waals surface area (Å²) in [6.07, 6.45) is 0. The molecule has 2 aromatic carbocycles. The highest BCUT2D eigenvalue weighted by molar-refractivity contribution is 6.04. The topological polar surface area (TPSA) is 95.7 Å². The molecule has 4 aromatic rings. The van der Waals surface area contributed by atoms with Crippen LogP contribution in [0.2, 0.25) is 0 Å². The van der Waals surface area contributed by atoms with Crippen LogP contribution in [0.5, 0.6) is 5.75 Å². The highest BCUT2D eigenvalue weighted by Gasteiger charge is 2.14. The molecule has 2 N–H and O–H groups in total. The average Bonchev–Trinajstić information content (AvgIpc) is 3.36. The van der Waals surface area contributed by atoms with E-state index in [1.54, 1.807) is 37.4 Å². The van der Waals surface area contributed by atoms with E-state index in [9.17, 15) is 4.79 Å². The van der Waals surface area contributed by atoms with Crippen molar-refractivity contribution < 1.29 is 9.53 Å². The van der Waals surface area contributed by atoms with Crippen molar-refractivity contribution in [3.63, 3.8) is 0 Å². The van der Waals surface area contributed by atoms with Crippen LogP contribution >= 0.6 is 0 Å². The van der Waals surface area contributed by atoms with E-state index < -0.39 is 0 Å². The van der Waals surface area contributed by atoms with Gasteiger partial charge in [-0.05, 0) is 49.4 Å². The predicted octanol–water partition coefficient (Wildman–Crippen LogP) is 4.18. The van der Waals surface area contributed by atoms with Crippen molar-refractivity contribution in [3.05, 3.63) is 65.7 Å². The molecule has 0 aliphatic carbocycles. The number of methoxy groups -OCH3 is 1. The number of amides is 1. The average molecular weight is 385 g/mol. The van der Waals surface area contributed by atoms with Crippen LogP contribution in [-0.4, -0.2) is 27.8 Å². The van der Waals surface area contributed by atoms with Gasteiger partial charge in [-0.1, -0.05) is 6.07 Å². The summed E-state index contributed by atoms with van der Waals surface area (Å²) in [4.78, 5) is 12.5. The molecule has 0 unspecified atom stereocenters. The second-order valence-corrected chi connectivity index (χ2v) is 6.51. The molecular formula is C22H19N5O2. The summed E-state index contributed by atoms with van der Waals surface area (Å²) in [5, 5.41) is 20.0. The van der Waals surface area contributed by atoms with Gasteiger partial charge in [0.25, 0.3) is 5.91 Å². The Bertz CT molecular complexity index is 1250. The largest absolute Gasteiger partial charge is 0.497 e. The maximum Gasteiger partial charge on any atom is 0.256 e. The van der Waals surface area contributed by atoms with E-state index in [1.807, 2.05) is 24.3 Å². The van der Waals surface area contributed by atoms with Gasteiger partial charge in [-0.25, -0.2) is 0 Å². The summed E-state index contributed by atoms with van der Waals surface area (Å²) in [5.74, 6) is 0.897. The number of benzene rings is 2. The van der Waals surface area contributed by atoms with Gasteiger partial charge in [0.05, 0.1) is 30.1 Å². The van der Waals surface area contributed by atoms with E-state index >= 15 is 0 Å². The van der Waals surface area contributed by atoms with E-state index in [-0.39, 0.29) is 5.91 Å². The fourth-order valence-electron chi connectivity index (χ4n) is 3.38. The lowest BCUT2D eigenvalue weighted by molar-refractivity contribution is 0.102. The molecule has 0 saturated carbocycles. The third kappa shape index (κ3) is 3.44. The summed E-state index contributed by atoms with van der Waals surface area (Å²) >= 11 is 0. The van der Waals surface area contributed by atoms with E-state index in [2.05, 4.69) is 33.1 Å². The third-order valence-corrected chi connectivity index (χ3v) is 4.77. The van der Waals surface area contributed by atoms with Crippen molar-refractivity contribution in [1.82, 2.24) is 14.8 Å². The molecule has 0 bridgehead atoms. The van der Waals surface area contributed by atoms with Crippen LogP contribution in [0, 0.1) is 11.3 Å². The summed E-state index contributed by atoms with van der Waals surface area (Å²) in [7, 11) is 1.65. The Morgan fingerprint density at radius 3 is 2.86 bits per heavy atom. The van der Waals surface area contributed by atoms with Gasteiger partial charge in [0.15, 0.2) is 5.82 Å². The number of H-pyrrole nitrogens is 1. The standard InChI is InChI=1S/C22H19N5O2/c1-3-27-19-8-7-17(29-2)10-16(19)11-20(27)18-12-21(26-25-18)24-22(28)15-6-4-5-14(9-15)13-23/h4-12H,3H2,1-2H3,(H2,24,25,26,28). The first-order chi connectivity index (χ1) is 14.1. The highest BCUT2D eigenvalue weighted by Crippen LogP contribution is 2.30. The number of ether oxygens (including phenoxy) is 1. The van der Waals surface area contributed by atoms with Crippen LogP contribution in [-0.2, 0) is 6.54 Å². The number of nitrogens with one attached hydrogen (secondary N) is 2. The molecule has 4 rings (SSSR count). The highest BCUT2D eigenvalue weighted by atomic mass is 16.5. The van der Waals surface area contributed by atoms with Gasteiger partial charge in [0, 0.05) is 29.1 Å². The lowest BCUT2D eigenvalue weighted by Crippen LogP contribution is -2.12. The molecule has 0 fully saturated rings. The smallest absolute Gasteiger partial charge is 0.256 e. The van der Waals surface area contributed by atoms with Crippen LogP contribution in [0.1, 0.15) is 22.8 Å². The fraction of sp³-hybridized carbons (Fsp3) is 0.136. The molecule has 1 amide bonds. The van der Waals surface area contributed by atoms with Gasteiger partial charge in [-0.2, -0.15) is 10.4 Å². The normalized spacial score (nSPS) is 10.7. The summed E-state index contributed by atoms with van der Waals surface area (Å²) < 4.78 is 7.49. The number of carbonyl (C=O) groups excluding carboxylic acids is 1. The minimum Gasteiger partial charge on any atom is -0.497 e. The second-order valence-electron chi connectivity index (χ2n) is 6.51. The van der Waals surface area contributed by atoms with E-state index in [4.69, 9.17) is 10.00 Å². The number of fused-ring (bicyclic) bond motifs is 1. The van der Waals surface area contributed by atoms with Gasteiger partial charge in [0.2, 0.25) is 0 Å². The summed E-state index contributed by atoms with van der Waals surface area (Å²) in [5.41, 5.74) is 3.70. The number of aryl methyl sites for hydroxylation is 1. The SMILES string of the molecule is CCn1c(-c2cc(NC(=O)c3cccc(C#N)c3)n[nH]2)cc2cc(OC)ccc21. The maximum absolute atomic E-state index is 12.5. The number of rotatable bonds is 5. The van der Waals surface area contributed by atoms with Crippen LogP contribution in [0.3, 0.4) is 0 Å². The Morgan fingerprint density at radius 1 is 1.24 bits per heavy atom. The van der Waals surface area contributed by atoms with Crippen molar-refractivity contribution >= 4 is 22.6 Å². The molecule has 0 spiro atoms. The molecule has 2 aromatic heterocycles. The van der Waals surface area contributed by atoms with Crippen LogP contribution in [0.25, 0.3) is 22.3 Å². The number of carbonyl (C=O) groups is 1. The number of nitrogens with zero attached hydrogens (tertiary/aromatic N) is 3. The molecule has 0 aliphatic heterocycles. The molecule has 0 aliphatic rings. The van der Waals surface area contributed by atoms with Gasteiger partial charge in [-0.15, -0.1) is 0 Å². The minimum absolute atomic E-state index is 0.319. The van der Waals surface area contributed by atoms with Gasteiger partial charge in [-0.3, -0.25) is 9.89 Å². The lowest BCUT2D eigenvalue weighted by Gasteiger charge is -2.06. The maximum atomic E-state index is 12.5. The Morgan fingerprint density at radius 2 is 2.10 bits per heavy atom. The van der Waals surface area contributed by atoms with E-state index in [1.165, 1.54) is 0 Å². The van der Waals surface area contributed by atoms with Gasteiger partial charge in [0.1, 0.15) is 5.75 Å². The van der Waals surface area contributed by atoms with Crippen molar-refractivity contribution in [2.24, 2.45) is 0 Å². The molecule has 144 valence electrons. The number of hydrogen-bond donors (Lipinski definition) is 2. The van der Waals surface area contributed by atoms with E-state index in [0.717, 1.165) is 34.6 Å². The molecular weight excluding hydrogens is 366 g/mol. The first-order valence-electron chi connectivity index (χ1n) is 9.17. The first kappa shape index (κ1) is 18.3. The number of hydrogen-bond acceptors (Lipinski definition) is 4. The summed E-state index contributed by atoms with van der Waals surface area (Å²) in [6.45, 7) is 2.86.